The molecule has 146 valence electrons. The fourth-order valence-corrected chi connectivity index (χ4v) is 2.81. The molecule has 0 aliphatic rings. The van der Waals surface area contributed by atoms with Crippen LogP contribution < -0.4 is 10.2 Å². The number of benzene rings is 2. The van der Waals surface area contributed by atoms with Gasteiger partial charge in [-0.05, 0) is 35.7 Å². The Labute approximate surface area is 161 Å². The Balaban J connectivity index is 1.68. The van der Waals surface area contributed by atoms with Gasteiger partial charge in [-0.2, -0.15) is 4.98 Å². The van der Waals surface area contributed by atoms with Crippen molar-refractivity contribution in [2.24, 2.45) is 0 Å². The van der Waals surface area contributed by atoms with Gasteiger partial charge in [-0.15, -0.1) is 5.10 Å². The zero-order chi connectivity index (χ0) is 20.3. The van der Waals surface area contributed by atoms with E-state index < -0.39 is 11.6 Å². The van der Waals surface area contributed by atoms with E-state index in [1.54, 1.807) is 41.0 Å². The number of aromatic nitrogens is 3. The molecular weight excluding hydrogens is 364 g/mol. The highest BCUT2D eigenvalue weighted by molar-refractivity contribution is 5.91. The maximum atomic E-state index is 13.9. The largest absolute Gasteiger partial charge is 0.346 e. The van der Waals surface area contributed by atoms with Crippen LogP contribution in [-0.4, -0.2) is 34.8 Å². The Morgan fingerprint density at radius 1 is 1.21 bits per heavy atom. The predicted molar refractivity (Wildman–Crippen MR) is 104 cm³/mol. The summed E-state index contributed by atoms with van der Waals surface area (Å²) in [6, 6.07) is 10.6. The van der Waals surface area contributed by atoms with E-state index in [9.17, 15) is 13.6 Å². The molecule has 0 spiro atoms. The first-order valence-electron chi connectivity index (χ1n) is 8.77. The molecule has 1 heterocycles. The molecule has 8 heteroatoms. The lowest BCUT2D eigenvalue weighted by Gasteiger charge is -2.13. The third-order valence-electron chi connectivity index (χ3n) is 4.26. The van der Waals surface area contributed by atoms with Crippen molar-refractivity contribution >= 4 is 17.5 Å². The van der Waals surface area contributed by atoms with Crippen molar-refractivity contribution in [3.8, 4) is 5.69 Å². The van der Waals surface area contributed by atoms with Crippen LogP contribution in [0, 0.1) is 11.6 Å². The van der Waals surface area contributed by atoms with Gasteiger partial charge in [0.1, 0.15) is 18.0 Å². The third-order valence-corrected chi connectivity index (χ3v) is 4.26. The summed E-state index contributed by atoms with van der Waals surface area (Å²) in [6.45, 7) is 1.73. The zero-order valence-electron chi connectivity index (χ0n) is 15.9. The summed E-state index contributed by atoms with van der Waals surface area (Å²) in [5.74, 6) is -1.36. The van der Waals surface area contributed by atoms with Gasteiger partial charge in [0.2, 0.25) is 11.9 Å². The van der Waals surface area contributed by atoms with Crippen molar-refractivity contribution in [1.82, 2.24) is 14.8 Å². The maximum absolute atomic E-state index is 13.9. The first kappa shape index (κ1) is 19.5. The molecule has 0 fully saturated rings. The molecule has 0 radical (unpaired) electrons. The number of nitrogens with one attached hydrogen (secondary N) is 1. The van der Waals surface area contributed by atoms with E-state index in [4.69, 9.17) is 0 Å². The highest BCUT2D eigenvalue weighted by Crippen LogP contribution is 2.24. The van der Waals surface area contributed by atoms with Gasteiger partial charge in [-0.3, -0.25) is 4.79 Å². The van der Waals surface area contributed by atoms with Gasteiger partial charge >= 0.3 is 0 Å². The van der Waals surface area contributed by atoms with Crippen molar-refractivity contribution in [2.75, 3.05) is 24.3 Å². The van der Waals surface area contributed by atoms with E-state index in [1.165, 1.54) is 12.1 Å². The second kappa shape index (κ2) is 8.16. The van der Waals surface area contributed by atoms with Crippen molar-refractivity contribution in [1.29, 1.82) is 0 Å². The Bertz CT molecular complexity index is 986. The number of carbonyl (C=O) groups is 1. The van der Waals surface area contributed by atoms with Crippen LogP contribution in [0.15, 0.2) is 48.8 Å². The molecular formula is C20H21F2N5O. The van der Waals surface area contributed by atoms with Gasteiger partial charge < -0.3 is 10.2 Å². The number of halogens is 2. The summed E-state index contributed by atoms with van der Waals surface area (Å²) in [6.07, 6.45) is 1.66. The molecule has 1 N–H and O–H groups in total. The standard InChI is InChI=1S/C20H21F2N5O/c1-13(17-8-7-14(21)10-18(17)22)9-19(28)24-15-5-4-6-16(11-15)27-12-23-20(25-27)26(2)3/h4-8,10-13H,9H2,1-3H3,(H,24,28). The van der Waals surface area contributed by atoms with Gasteiger partial charge in [0.05, 0.1) is 5.69 Å². The summed E-state index contributed by atoms with van der Waals surface area (Å²) in [5, 5.41) is 7.16. The van der Waals surface area contributed by atoms with E-state index in [0.717, 1.165) is 11.8 Å². The molecule has 0 aliphatic carbocycles. The second-order valence-electron chi connectivity index (χ2n) is 6.75. The Hall–Kier alpha value is -3.29. The number of hydrogen-bond donors (Lipinski definition) is 1. The average Bonchev–Trinajstić information content (AvgIpc) is 3.12. The van der Waals surface area contributed by atoms with Crippen LogP contribution in [-0.2, 0) is 4.79 Å². The number of hydrogen-bond acceptors (Lipinski definition) is 4. The molecule has 0 aliphatic heterocycles. The number of amides is 1. The van der Waals surface area contributed by atoms with Crippen LogP contribution >= 0.6 is 0 Å². The summed E-state index contributed by atoms with van der Waals surface area (Å²) in [7, 11) is 3.70. The van der Waals surface area contributed by atoms with Gasteiger partial charge in [-0.1, -0.05) is 19.1 Å². The molecule has 1 aromatic heterocycles. The van der Waals surface area contributed by atoms with Gasteiger partial charge in [0, 0.05) is 32.3 Å². The van der Waals surface area contributed by atoms with E-state index >= 15 is 0 Å². The fourth-order valence-electron chi connectivity index (χ4n) is 2.81. The molecule has 3 aromatic rings. The molecule has 2 aromatic carbocycles. The third kappa shape index (κ3) is 4.51. The van der Waals surface area contributed by atoms with Gasteiger partial charge in [0.15, 0.2) is 0 Å². The highest BCUT2D eigenvalue weighted by atomic mass is 19.1. The zero-order valence-corrected chi connectivity index (χ0v) is 15.9. The van der Waals surface area contributed by atoms with Crippen molar-refractivity contribution < 1.29 is 13.6 Å². The van der Waals surface area contributed by atoms with Crippen LogP contribution in [0.4, 0.5) is 20.4 Å². The van der Waals surface area contributed by atoms with E-state index in [2.05, 4.69) is 15.4 Å². The number of rotatable bonds is 6. The number of carbonyl (C=O) groups excluding carboxylic acids is 1. The normalized spacial score (nSPS) is 11.9. The SMILES string of the molecule is CC(CC(=O)Nc1cccc(-n2cnc(N(C)C)n2)c1)c1ccc(F)cc1F. The van der Waals surface area contributed by atoms with Crippen LogP contribution in [0.2, 0.25) is 0 Å². The van der Waals surface area contributed by atoms with Crippen LogP contribution in [0.5, 0.6) is 0 Å². The molecule has 0 bridgehead atoms. The van der Waals surface area contributed by atoms with Crippen molar-refractivity contribution in [3.63, 3.8) is 0 Å². The summed E-state index contributed by atoms with van der Waals surface area (Å²) in [4.78, 5) is 18.4. The minimum absolute atomic E-state index is 0.0703. The topological polar surface area (TPSA) is 63.1 Å². The maximum Gasteiger partial charge on any atom is 0.244 e. The molecule has 6 nitrogen and oxygen atoms in total. The number of nitrogens with zero attached hydrogens (tertiary/aromatic N) is 4. The second-order valence-corrected chi connectivity index (χ2v) is 6.75. The minimum atomic E-state index is -0.648. The molecule has 0 saturated carbocycles. The van der Waals surface area contributed by atoms with Crippen LogP contribution in [0.1, 0.15) is 24.8 Å². The number of anilines is 2. The average molecular weight is 385 g/mol. The molecule has 1 amide bonds. The van der Waals surface area contributed by atoms with Gasteiger partial charge in [-0.25, -0.2) is 13.5 Å². The predicted octanol–water partition coefficient (Wildman–Crippen LogP) is 3.74. The molecule has 1 unspecified atom stereocenters. The summed E-state index contributed by atoms with van der Waals surface area (Å²) >= 11 is 0. The quantitative estimate of drug-likeness (QED) is 0.702. The summed E-state index contributed by atoms with van der Waals surface area (Å²) in [5.41, 5.74) is 1.65. The Morgan fingerprint density at radius 3 is 2.68 bits per heavy atom. The van der Waals surface area contributed by atoms with Crippen molar-refractivity contribution in [2.45, 2.75) is 19.3 Å². The first-order valence-corrected chi connectivity index (χ1v) is 8.77. The van der Waals surface area contributed by atoms with E-state index in [1.807, 2.05) is 20.2 Å². The lowest BCUT2D eigenvalue weighted by atomic mass is 9.97. The molecule has 28 heavy (non-hydrogen) atoms. The lowest BCUT2D eigenvalue weighted by molar-refractivity contribution is -0.116. The fraction of sp³-hybridized carbons (Fsp3) is 0.250. The van der Waals surface area contributed by atoms with Crippen molar-refractivity contribution in [3.05, 3.63) is 66.0 Å². The highest BCUT2D eigenvalue weighted by Gasteiger charge is 2.16. The van der Waals surface area contributed by atoms with Crippen LogP contribution in [0.25, 0.3) is 5.69 Å². The Kier molecular flexibility index (Phi) is 5.67. The first-order chi connectivity index (χ1) is 13.3. The van der Waals surface area contributed by atoms with Gasteiger partial charge in [0.25, 0.3) is 0 Å². The smallest absolute Gasteiger partial charge is 0.244 e. The molecule has 1 atom stereocenters. The van der Waals surface area contributed by atoms with E-state index in [-0.39, 0.29) is 18.2 Å². The monoisotopic (exact) mass is 385 g/mol. The lowest BCUT2D eigenvalue weighted by Crippen LogP contribution is -2.15. The molecule has 0 saturated heterocycles. The van der Waals surface area contributed by atoms with Crippen LogP contribution in [0.3, 0.4) is 0 Å². The molecule has 3 rings (SSSR count). The Morgan fingerprint density at radius 2 is 2.00 bits per heavy atom. The van der Waals surface area contributed by atoms with E-state index in [0.29, 0.717) is 17.2 Å². The minimum Gasteiger partial charge on any atom is -0.346 e. The summed E-state index contributed by atoms with van der Waals surface area (Å²) < 4.78 is 28.6.